The van der Waals surface area contributed by atoms with Crippen LogP contribution in [0, 0.1) is 0 Å². The van der Waals surface area contributed by atoms with Crippen LogP contribution in [0.1, 0.15) is 59.9 Å². The van der Waals surface area contributed by atoms with Crippen molar-refractivity contribution < 1.29 is 28.3 Å². The number of rotatable bonds is 9. The fourth-order valence-corrected chi connectivity index (χ4v) is 4.84. The second-order valence-electron chi connectivity index (χ2n) is 12.8. The number of amides is 3. The van der Waals surface area contributed by atoms with E-state index in [1.54, 1.807) is 21.7 Å². The molecule has 10 heteroatoms. The van der Waals surface area contributed by atoms with Gasteiger partial charge in [0.05, 0.1) is 12.6 Å². The molecule has 39 heavy (non-hydrogen) atoms. The van der Waals surface area contributed by atoms with Gasteiger partial charge in [-0.05, 0) is 50.9 Å². The molecular weight excluding hydrogens is 514 g/mol. The van der Waals surface area contributed by atoms with E-state index in [4.69, 9.17) is 13.9 Å². The van der Waals surface area contributed by atoms with Gasteiger partial charge in [-0.15, -0.1) is 0 Å². The van der Waals surface area contributed by atoms with E-state index in [9.17, 15) is 14.4 Å². The largest absolute Gasteiger partial charge is 0.445 e. The van der Waals surface area contributed by atoms with E-state index in [1.807, 2.05) is 51.1 Å². The highest BCUT2D eigenvalue weighted by molar-refractivity contribution is 6.74. The highest BCUT2D eigenvalue weighted by atomic mass is 28.4. The average Bonchev–Trinajstić information content (AvgIpc) is 2.85. The first-order valence-electron chi connectivity index (χ1n) is 13.8. The van der Waals surface area contributed by atoms with Gasteiger partial charge in [0, 0.05) is 39.6 Å². The molecule has 1 heterocycles. The second-order valence-corrected chi connectivity index (χ2v) is 17.6. The van der Waals surface area contributed by atoms with Gasteiger partial charge in [-0.25, -0.2) is 9.59 Å². The fourth-order valence-electron chi connectivity index (χ4n) is 3.79. The van der Waals surface area contributed by atoms with Crippen molar-refractivity contribution in [2.45, 2.75) is 90.8 Å². The monoisotopic (exact) mass is 563 g/mol. The molecule has 1 aliphatic rings. The number of ether oxygens (including phenoxy) is 2. The Morgan fingerprint density at radius 3 is 2.05 bits per heavy atom. The van der Waals surface area contributed by atoms with Gasteiger partial charge in [-0.1, -0.05) is 51.1 Å². The number of hydrogen-bond donors (Lipinski definition) is 0. The molecule has 0 aliphatic carbocycles. The maximum absolute atomic E-state index is 13.1. The van der Waals surface area contributed by atoms with Crippen molar-refractivity contribution in [2.24, 2.45) is 0 Å². The van der Waals surface area contributed by atoms with Crippen LogP contribution in [0.2, 0.25) is 18.1 Å². The van der Waals surface area contributed by atoms with Crippen molar-refractivity contribution >= 4 is 26.4 Å². The van der Waals surface area contributed by atoms with Gasteiger partial charge in [0.2, 0.25) is 5.91 Å². The quantitative estimate of drug-likeness (QED) is 0.369. The van der Waals surface area contributed by atoms with Crippen molar-refractivity contribution in [3.05, 3.63) is 35.9 Å². The molecule has 3 amide bonds. The summed E-state index contributed by atoms with van der Waals surface area (Å²) in [6, 6.07) is 9.23. The average molecular weight is 564 g/mol. The maximum atomic E-state index is 13.1. The summed E-state index contributed by atoms with van der Waals surface area (Å²) >= 11 is 0. The summed E-state index contributed by atoms with van der Waals surface area (Å²) in [6.07, 6.45) is -0.0699. The molecule has 220 valence electrons. The smallest absolute Gasteiger partial charge is 0.410 e. The zero-order valence-electron chi connectivity index (χ0n) is 25.4. The Morgan fingerprint density at radius 1 is 0.949 bits per heavy atom. The minimum Gasteiger partial charge on any atom is -0.445 e. The van der Waals surface area contributed by atoms with Crippen LogP contribution in [0.4, 0.5) is 9.59 Å². The van der Waals surface area contributed by atoms with E-state index in [1.165, 1.54) is 0 Å². The third-order valence-electron chi connectivity index (χ3n) is 7.46. The normalized spacial score (nSPS) is 15.5. The number of nitrogens with zero attached hydrogens (tertiary/aromatic N) is 3. The molecular formula is C29H49N3O6Si. The van der Waals surface area contributed by atoms with Gasteiger partial charge < -0.3 is 28.6 Å². The topological polar surface area (TPSA) is 88.6 Å². The van der Waals surface area contributed by atoms with Crippen LogP contribution in [-0.2, 0) is 25.3 Å². The molecule has 1 aromatic rings. The van der Waals surface area contributed by atoms with Crippen LogP contribution in [-0.4, -0.2) is 92.6 Å². The highest BCUT2D eigenvalue weighted by Crippen LogP contribution is 2.36. The van der Waals surface area contributed by atoms with Gasteiger partial charge in [0.25, 0.3) is 0 Å². The Balaban J connectivity index is 1.98. The van der Waals surface area contributed by atoms with Gasteiger partial charge in [-0.3, -0.25) is 4.79 Å². The lowest BCUT2D eigenvalue weighted by Gasteiger charge is -2.39. The standard InChI is InChI=1S/C29H49N3O6Si/c1-28(2,3)38-27(35)32-19-17-31(18-20-32)25(33)16-15-24(22-37-39(8,9)29(4,5)6)30(7)26(34)36-21-23-13-11-10-12-14-23/h10-14,24H,15-22H2,1-9H3/t24-/m0/s1. The third kappa shape index (κ3) is 10.5. The van der Waals surface area contributed by atoms with Gasteiger partial charge in [0.15, 0.2) is 8.32 Å². The van der Waals surface area contributed by atoms with Crippen LogP contribution in [0.25, 0.3) is 0 Å². The second kappa shape index (κ2) is 13.7. The van der Waals surface area contributed by atoms with E-state index in [-0.39, 0.29) is 36.1 Å². The maximum Gasteiger partial charge on any atom is 0.410 e. The third-order valence-corrected chi connectivity index (χ3v) is 12.0. The van der Waals surface area contributed by atoms with Gasteiger partial charge >= 0.3 is 12.2 Å². The van der Waals surface area contributed by atoms with Crippen molar-refractivity contribution in [3.8, 4) is 0 Å². The molecule has 1 aliphatic heterocycles. The molecule has 0 spiro atoms. The summed E-state index contributed by atoms with van der Waals surface area (Å²) in [6.45, 7) is 18.7. The van der Waals surface area contributed by atoms with Crippen molar-refractivity contribution in [1.29, 1.82) is 0 Å². The lowest BCUT2D eigenvalue weighted by atomic mass is 10.1. The fraction of sp³-hybridized carbons (Fsp3) is 0.690. The molecule has 0 N–H and O–H groups in total. The first-order valence-corrected chi connectivity index (χ1v) is 16.7. The Hall–Kier alpha value is -2.59. The molecule has 9 nitrogen and oxygen atoms in total. The molecule has 1 saturated heterocycles. The zero-order chi connectivity index (χ0) is 29.4. The van der Waals surface area contributed by atoms with E-state index in [0.717, 1.165) is 5.56 Å². The predicted molar refractivity (Wildman–Crippen MR) is 155 cm³/mol. The van der Waals surface area contributed by atoms with E-state index < -0.39 is 20.0 Å². The molecule has 0 bridgehead atoms. The Bertz CT molecular complexity index is 950. The minimum absolute atomic E-state index is 0.00205. The molecule has 0 unspecified atom stereocenters. The first-order chi connectivity index (χ1) is 18.0. The lowest BCUT2D eigenvalue weighted by molar-refractivity contribution is -0.133. The van der Waals surface area contributed by atoms with Gasteiger partial charge in [0.1, 0.15) is 12.2 Å². The van der Waals surface area contributed by atoms with Crippen LogP contribution >= 0.6 is 0 Å². The zero-order valence-corrected chi connectivity index (χ0v) is 26.4. The molecule has 1 fully saturated rings. The minimum atomic E-state index is -2.07. The van der Waals surface area contributed by atoms with E-state index >= 15 is 0 Å². The molecule has 0 radical (unpaired) electrons. The summed E-state index contributed by atoms with van der Waals surface area (Å²) in [5.41, 5.74) is 0.355. The predicted octanol–water partition coefficient (Wildman–Crippen LogP) is 5.50. The van der Waals surface area contributed by atoms with Crippen LogP contribution in [0.15, 0.2) is 30.3 Å². The Labute approximate surface area is 235 Å². The van der Waals surface area contributed by atoms with E-state index in [2.05, 4.69) is 33.9 Å². The Morgan fingerprint density at radius 2 is 1.51 bits per heavy atom. The number of carbonyl (C=O) groups is 3. The molecule has 1 atom stereocenters. The van der Waals surface area contributed by atoms with E-state index in [0.29, 0.717) is 39.2 Å². The van der Waals surface area contributed by atoms with Crippen molar-refractivity contribution in [1.82, 2.24) is 14.7 Å². The summed E-state index contributed by atoms with van der Waals surface area (Å²) in [7, 11) is -0.362. The van der Waals surface area contributed by atoms with Gasteiger partial charge in [-0.2, -0.15) is 0 Å². The SMILES string of the molecule is CN(C(=O)OCc1ccccc1)[C@@H](CCC(=O)N1CCN(C(=O)OC(C)(C)C)CC1)CO[Si](C)(C)C(C)(C)C. The van der Waals surface area contributed by atoms with Crippen LogP contribution in [0.5, 0.6) is 0 Å². The summed E-state index contributed by atoms with van der Waals surface area (Å²) in [5, 5.41) is 0.0214. The number of benzene rings is 1. The molecule has 0 saturated carbocycles. The molecule has 2 rings (SSSR count). The number of likely N-dealkylation sites (N-methyl/N-ethyl adjacent to an activating group) is 1. The molecule has 1 aromatic carbocycles. The van der Waals surface area contributed by atoms with Crippen molar-refractivity contribution in [3.63, 3.8) is 0 Å². The Kier molecular flexibility index (Phi) is 11.4. The summed E-state index contributed by atoms with van der Waals surface area (Å²) < 4.78 is 17.5. The lowest BCUT2D eigenvalue weighted by Crippen LogP contribution is -2.52. The van der Waals surface area contributed by atoms with Crippen molar-refractivity contribution in [2.75, 3.05) is 39.8 Å². The van der Waals surface area contributed by atoms with Crippen LogP contribution in [0.3, 0.4) is 0 Å². The summed E-state index contributed by atoms with van der Waals surface area (Å²) in [4.78, 5) is 43.4. The van der Waals surface area contributed by atoms with Crippen LogP contribution < -0.4 is 0 Å². The number of piperazine rings is 1. The first kappa shape index (κ1) is 32.6. The number of carbonyl (C=O) groups excluding carboxylic acids is 3. The number of hydrogen-bond acceptors (Lipinski definition) is 6. The highest BCUT2D eigenvalue weighted by Gasteiger charge is 2.38. The summed E-state index contributed by atoms with van der Waals surface area (Å²) in [5.74, 6) is 0.00205. The molecule has 0 aromatic heterocycles.